The lowest BCUT2D eigenvalue weighted by Gasteiger charge is -2.25. The molecule has 0 aromatic heterocycles. The minimum atomic E-state index is -1.29. The number of carboxylic acids is 1. The summed E-state index contributed by atoms with van der Waals surface area (Å²) in [7, 11) is 0. The first kappa shape index (κ1) is 27.2. The number of urea groups is 1. The van der Waals surface area contributed by atoms with Crippen molar-refractivity contribution < 1.29 is 23.8 Å². The summed E-state index contributed by atoms with van der Waals surface area (Å²) in [5.74, 6) is -0.867. The summed E-state index contributed by atoms with van der Waals surface area (Å²) < 4.78 is 19.0. The summed E-state index contributed by atoms with van der Waals surface area (Å²) in [4.78, 5) is 26.3. The van der Waals surface area contributed by atoms with Gasteiger partial charge in [0.2, 0.25) is 5.60 Å². The van der Waals surface area contributed by atoms with Gasteiger partial charge in [0.05, 0.1) is 0 Å². The van der Waals surface area contributed by atoms with E-state index in [2.05, 4.69) is 12.2 Å². The van der Waals surface area contributed by atoms with Crippen LogP contribution in [0.2, 0.25) is 0 Å². The molecule has 2 amide bonds. The Morgan fingerprint density at radius 2 is 1.74 bits per heavy atom. The van der Waals surface area contributed by atoms with Crippen LogP contribution in [0.15, 0.2) is 48.5 Å². The number of benzene rings is 2. The summed E-state index contributed by atoms with van der Waals surface area (Å²) in [5.41, 5.74) is 0.204. The van der Waals surface area contributed by atoms with Gasteiger partial charge >= 0.3 is 12.0 Å². The fourth-order valence-electron chi connectivity index (χ4n) is 3.51. The van der Waals surface area contributed by atoms with Crippen LogP contribution in [0.3, 0.4) is 0 Å². The number of ether oxygens (including phenoxy) is 1. The molecule has 2 rings (SSSR count). The van der Waals surface area contributed by atoms with Crippen LogP contribution < -0.4 is 10.1 Å². The topological polar surface area (TPSA) is 78.9 Å². The zero-order valence-corrected chi connectivity index (χ0v) is 20.5. The van der Waals surface area contributed by atoms with E-state index in [0.717, 1.165) is 31.2 Å². The summed E-state index contributed by atoms with van der Waals surface area (Å²) in [6.07, 6.45) is 6.38. The quantitative estimate of drug-likeness (QED) is 0.307. The molecule has 0 aliphatic rings. The summed E-state index contributed by atoms with van der Waals surface area (Å²) in [6, 6.07) is 12.8. The van der Waals surface area contributed by atoms with Gasteiger partial charge in [-0.2, -0.15) is 0 Å². The van der Waals surface area contributed by atoms with Crippen LogP contribution in [-0.2, 0) is 11.2 Å². The smallest absolute Gasteiger partial charge is 0.347 e. The minimum Gasteiger partial charge on any atom is -0.478 e. The number of carboxylic acid groups (broad SMARTS) is 1. The summed E-state index contributed by atoms with van der Waals surface area (Å²) in [5, 5.41) is 12.3. The molecule has 6 nitrogen and oxygen atoms in total. The van der Waals surface area contributed by atoms with Crippen LogP contribution in [0.5, 0.6) is 5.75 Å². The molecule has 2 aromatic carbocycles. The van der Waals surface area contributed by atoms with Crippen molar-refractivity contribution in [1.82, 2.24) is 4.90 Å². The maximum Gasteiger partial charge on any atom is 0.347 e. The fraction of sp³-hybridized carbons (Fsp3) is 0.481. The molecule has 0 saturated carbocycles. The van der Waals surface area contributed by atoms with Crippen LogP contribution >= 0.6 is 0 Å². The van der Waals surface area contributed by atoms with Crippen LogP contribution in [0.1, 0.15) is 64.9 Å². The van der Waals surface area contributed by atoms with Gasteiger partial charge in [0.1, 0.15) is 11.6 Å². The second-order valence-electron chi connectivity index (χ2n) is 8.73. The first-order valence-corrected chi connectivity index (χ1v) is 12.1. The van der Waals surface area contributed by atoms with E-state index in [4.69, 9.17) is 4.74 Å². The van der Waals surface area contributed by atoms with Crippen molar-refractivity contribution in [3.8, 4) is 5.75 Å². The highest BCUT2D eigenvalue weighted by Crippen LogP contribution is 2.23. The van der Waals surface area contributed by atoms with Crippen LogP contribution in [0, 0.1) is 5.82 Å². The fourth-order valence-corrected chi connectivity index (χ4v) is 3.51. The van der Waals surface area contributed by atoms with E-state index >= 15 is 0 Å². The number of anilines is 1. The number of nitrogens with zero attached hydrogens (tertiary/aromatic N) is 1. The van der Waals surface area contributed by atoms with Crippen molar-refractivity contribution in [2.24, 2.45) is 0 Å². The molecule has 0 aliphatic heterocycles. The van der Waals surface area contributed by atoms with Crippen molar-refractivity contribution in [3.63, 3.8) is 0 Å². The predicted octanol–water partition coefficient (Wildman–Crippen LogP) is 6.50. The number of hydrogen-bond acceptors (Lipinski definition) is 3. The maximum atomic E-state index is 13.2. The van der Waals surface area contributed by atoms with Crippen molar-refractivity contribution in [3.05, 3.63) is 59.9 Å². The third-order valence-electron chi connectivity index (χ3n) is 5.95. The Labute approximate surface area is 202 Å². The van der Waals surface area contributed by atoms with E-state index in [1.54, 1.807) is 36.9 Å². The molecule has 0 aliphatic carbocycles. The second kappa shape index (κ2) is 13.6. The standard InChI is InChI=1S/C27H37FN2O4/c1-4-6-7-8-9-18-30(26(33)29-23-15-13-22(28)14-16-23)19-17-21-11-10-12-24(20-21)34-27(3,5-2)25(31)32/h10-16,20H,4-9,17-19H2,1-3H3,(H,29,33)(H,31,32). The molecule has 0 spiro atoms. The average molecular weight is 473 g/mol. The molecule has 2 aromatic rings. The van der Waals surface area contributed by atoms with Gasteiger partial charge in [0.15, 0.2) is 0 Å². The van der Waals surface area contributed by atoms with Gasteiger partial charge in [-0.25, -0.2) is 14.0 Å². The zero-order valence-electron chi connectivity index (χ0n) is 20.5. The average Bonchev–Trinajstić information content (AvgIpc) is 2.82. The lowest BCUT2D eigenvalue weighted by Crippen LogP contribution is -2.40. The third kappa shape index (κ3) is 8.69. The first-order chi connectivity index (χ1) is 16.3. The van der Waals surface area contributed by atoms with Crippen molar-refractivity contribution in [2.75, 3.05) is 18.4 Å². The number of hydrogen-bond donors (Lipinski definition) is 2. The highest BCUT2D eigenvalue weighted by atomic mass is 19.1. The molecule has 2 N–H and O–H groups in total. The number of carbonyl (C=O) groups is 2. The van der Waals surface area contributed by atoms with Crippen molar-refractivity contribution >= 4 is 17.7 Å². The number of halogens is 1. The molecular weight excluding hydrogens is 435 g/mol. The minimum absolute atomic E-state index is 0.223. The Bertz CT molecular complexity index is 919. The number of aliphatic carboxylic acids is 1. The van der Waals surface area contributed by atoms with Gasteiger partial charge in [-0.05, 0) is 68.1 Å². The Kier molecular flexibility index (Phi) is 10.8. The van der Waals surface area contributed by atoms with Crippen molar-refractivity contribution in [2.45, 2.75) is 71.3 Å². The monoisotopic (exact) mass is 472 g/mol. The largest absolute Gasteiger partial charge is 0.478 e. The van der Waals surface area contributed by atoms with E-state index in [9.17, 15) is 19.1 Å². The van der Waals surface area contributed by atoms with E-state index in [1.807, 2.05) is 18.2 Å². The van der Waals surface area contributed by atoms with Crippen LogP contribution in [-0.4, -0.2) is 40.7 Å². The second-order valence-corrected chi connectivity index (χ2v) is 8.73. The normalized spacial score (nSPS) is 12.6. The van der Waals surface area contributed by atoms with Gasteiger partial charge in [-0.15, -0.1) is 0 Å². The molecule has 186 valence electrons. The molecule has 34 heavy (non-hydrogen) atoms. The molecule has 0 saturated heterocycles. The molecule has 0 heterocycles. The third-order valence-corrected chi connectivity index (χ3v) is 5.95. The first-order valence-electron chi connectivity index (χ1n) is 12.1. The molecule has 0 fully saturated rings. The number of unbranched alkanes of at least 4 members (excludes halogenated alkanes) is 4. The summed E-state index contributed by atoms with van der Waals surface area (Å²) in [6.45, 7) is 6.62. The highest BCUT2D eigenvalue weighted by Gasteiger charge is 2.33. The molecule has 1 atom stereocenters. The molecule has 0 bridgehead atoms. The number of amides is 2. The van der Waals surface area contributed by atoms with Gasteiger partial charge in [0, 0.05) is 18.8 Å². The molecular formula is C27H37FN2O4. The Balaban J connectivity index is 2.04. The zero-order chi connectivity index (χ0) is 25.0. The number of carbonyl (C=O) groups excluding carboxylic acids is 1. The van der Waals surface area contributed by atoms with E-state index < -0.39 is 11.6 Å². The van der Waals surface area contributed by atoms with Crippen molar-refractivity contribution in [1.29, 1.82) is 0 Å². The van der Waals surface area contributed by atoms with E-state index in [-0.39, 0.29) is 11.8 Å². The highest BCUT2D eigenvalue weighted by molar-refractivity contribution is 5.89. The van der Waals surface area contributed by atoms with Crippen LogP contribution in [0.25, 0.3) is 0 Å². The SMILES string of the molecule is CCCCCCCN(CCc1cccc(OC(C)(CC)C(=O)O)c1)C(=O)Nc1ccc(F)cc1. The van der Waals surface area contributed by atoms with E-state index in [0.29, 0.717) is 37.4 Å². The lowest BCUT2D eigenvalue weighted by molar-refractivity contribution is -0.154. The van der Waals surface area contributed by atoms with Crippen LogP contribution in [0.4, 0.5) is 14.9 Å². The number of rotatable bonds is 14. The van der Waals surface area contributed by atoms with Gasteiger partial charge in [0.25, 0.3) is 0 Å². The Morgan fingerprint density at radius 1 is 1.03 bits per heavy atom. The molecule has 0 radical (unpaired) electrons. The number of nitrogens with one attached hydrogen (secondary N) is 1. The molecule has 1 unspecified atom stereocenters. The maximum absolute atomic E-state index is 13.2. The predicted molar refractivity (Wildman–Crippen MR) is 133 cm³/mol. The van der Waals surface area contributed by atoms with Gasteiger partial charge in [-0.3, -0.25) is 0 Å². The Morgan fingerprint density at radius 3 is 2.38 bits per heavy atom. The summed E-state index contributed by atoms with van der Waals surface area (Å²) >= 11 is 0. The Hall–Kier alpha value is -3.09. The van der Waals surface area contributed by atoms with Gasteiger partial charge in [-0.1, -0.05) is 51.7 Å². The van der Waals surface area contributed by atoms with E-state index in [1.165, 1.54) is 18.6 Å². The lowest BCUT2D eigenvalue weighted by atomic mass is 10.0. The molecule has 7 heteroatoms. The van der Waals surface area contributed by atoms with Gasteiger partial charge < -0.3 is 20.1 Å².